The minimum Gasteiger partial charge on any atom is -0.476 e. The van der Waals surface area contributed by atoms with Crippen molar-refractivity contribution in [1.82, 2.24) is 9.88 Å². The number of hydrogen-bond acceptors (Lipinski definition) is 5. The fourth-order valence-corrected chi connectivity index (χ4v) is 2.63. The number of rotatable bonds is 7. The number of anilines is 1. The Balaban J connectivity index is 2.75. The number of carboxylic acids is 1. The molecule has 0 aromatic carbocycles. The van der Waals surface area contributed by atoms with Gasteiger partial charge in [-0.3, -0.25) is 0 Å². The van der Waals surface area contributed by atoms with Gasteiger partial charge < -0.3 is 15.3 Å². The highest BCUT2D eigenvalue weighted by atomic mass is 32.1. The van der Waals surface area contributed by atoms with Crippen LogP contribution in [-0.2, 0) is 0 Å². The number of nitrogens with zero attached hydrogens (tertiary/aromatic N) is 2. The lowest BCUT2D eigenvalue weighted by Crippen LogP contribution is -2.33. The average Bonchev–Trinajstić information content (AvgIpc) is 2.63. The molecule has 0 radical (unpaired) electrons. The zero-order valence-electron chi connectivity index (χ0n) is 11.3. The van der Waals surface area contributed by atoms with E-state index in [0.717, 1.165) is 13.0 Å². The molecule has 18 heavy (non-hydrogen) atoms. The molecule has 0 saturated heterocycles. The van der Waals surface area contributed by atoms with E-state index in [1.165, 1.54) is 11.3 Å². The Kier molecular flexibility index (Phi) is 5.55. The first kappa shape index (κ1) is 14.9. The smallest absolute Gasteiger partial charge is 0.357 e. The van der Waals surface area contributed by atoms with E-state index < -0.39 is 5.97 Å². The van der Waals surface area contributed by atoms with Gasteiger partial charge in [0.25, 0.3) is 0 Å². The third kappa shape index (κ3) is 4.62. The molecule has 102 valence electrons. The molecule has 0 aliphatic rings. The SMILES string of the molecule is CC(C)CC(CN(C)C)Nc1scnc1C(=O)O. The lowest BCUT2D eigenvalue weighted by Gasteiger charge is -2.24. The van der Waals surface area contributed by atoms with Crippen LogP contribution in [0.5, 0.6) is 0 Å². The van der Waals surface area contributed by atoms with Crippen LogP contribution in [0.25, 0.3) is 0 Å². The van der Waals surface area contributed by atoms with E-state index in [9.17, 15) is 4.79 Å². The van der Waals surface area contributed by atoms with Gasteiger partial charge in [-0.05, 0) is 26.4 Å². The Labute approximate surface area is 112 Å². The maximum atomic E-state index is 11.0. The fourth-order valence-electron chi connectivity index (χ4n) is 1.88. The molecule has 1 aromatic rings. The predicted molar refractivity (Wildman–Crippen MR) is 74.5 cm³/mol. The molecule has 0 aliphatic heterocycles. The van der Waals surface area contributed by atoms with Gasteiger partial charge in [0.15, 0.2) is 5.69 Å². The van der Waals surface area contributed by atoms with Gasteiger partial charge in [-0.15, -0.1) is 11.3 Å². The van der Waals surface area contributed by atoms with E-state index >= 15 is 0 Å². The molecule has 1 rings (SSSR count). The van der Waals surface area contributed by atoms with Gasteiger partial charge in [0, 0.05) is 12.6 Å². The maximum Gasteiger partial charge on any atom is 0.357 e. The van der Waals surface area contributed by atoms with Crippen molar-refractivity contribution in [3.63, 3.8) is 0 Å². The second kappa shape index (κ2) is 6.70. The number of thiazole rings is 1. The summed E-state index contributed by atoms with van der Waals surface area (Å²) in [6, 6.07) is 0.235. The lowest BCUT2D eigenvalue weighted by atomic mass is 10.0. The first-order chi connectivity index (χ1) is 8.40. The normalized spacial score (nSPS) is 13.0. The summed E-state index contributed by atoms with van der Waals surface area (Å²) in [5, 5.41) is 13.0. The zero-order valence-corrected chi connectivity index (χ0v) is 12.1. The van der Waals surface area contributed by atoms with E-state index in [2.05, 4.69) is 29.0 Å². The summed E-state index contributed by atoms with van der Waals surface area (Å²) in [5.41, 5.74) is 1.68. The topological polar surface area (TPSA) is 65.5 Å². The molecule has 0 aliphatic carbocycles. The van der Waals surface area contributed by atoms with Crippen LogP contribution in [0.3, 0.4) is 0 Å². The molecule has 0 saturated carbocycles. The van der Waals surface area contributed by atoms with E-state index in [-0.39, 0.29) is 11.7 Å². The highest BCUT2D eigenvalue weighted by Crippen LogP contribution is 2.22. The van der Waals surface area contributed by atoms with Gasteiger partial charge in [0.1, 0.15) is 5.00 Å². The van der Waals surface area contributed by atoms with Crippen LogP contribution >= 0.6 is 11.3 Å². The molecule has 5 nitrogen and oxygen atoms in total. The molecule has 1 aromatic heterocycles. The summed E-state index contributed by atoms with van der Waals surface area (Å²) in [7, 11) is 4.03. The number of carbonyl (C=O) groups is 1. The first-order valence-electron chi connectivity index (χ1n) is 5.98. The minimum atomic E-state index is -0.980. The minimum absolute atomic E-state index is 0.118. The largest absolute Gasteiger partial charge is 0.476 e. The Morgan fingerprint density at radius 2 is 2.22 bits per heavy atom. The molecule has 0 bridgehead atoms. The molecular weight excluding hydrogens is 250 g/mol. The van der Waals surface area contributed by atoms with Gasteiger partial charge in [-0.2, -0.15) is 0 Å². The first-order valence-corrected chi connectivity index (χ1v) is 6.86. The van der Waals surface area contributed by atoms with E-state index in [0.29, 0.717) is 10.9 Å². The fraction of sp³-hybridized carbons (Fsp3) is 0.667. The van der Waals surface area contributed by atoms with Crippen molar-refractivity contribution in [3.8, 4) is 0 Å². The van der Waals surface area contributed by atoms with E-state index in [4.69, 9.17) is 5.11 Å². The van der Waals surface area contributed by atoms with Crippen molar-refractivity contribution in [2.75, 3.05) is 26.0 Å². The molecule has 6 heteroatoms. The number of likely N-dealkylation sites (N-methyl/N-ethyl adjacent to an activating group) is 1. The highest BCUT2D eigenvalue weighted by molar-refractivity contribution is 7.14. The van der Waals surface area contributed by atoms with Crippen molar-refractivity contribution in [3.05, 3.63) is 11.2 Å². The quantitative estimate of drug-likeness (QED) is 0.796. The molecule has 1 heterocycles. The lowest BCUT2D eigenvalue weighted by molar-refractivity contribution is 0.0692. The van der Waals surface area contributed by atoms with Crippen molar-refractivity contribution in [2.45, 2.75) is 26.3 Å². The molecule has 1 atom stereocenters. The summed E-state index contributed by atoms with van der Waals surface area (Å²) >= 11 is 1.34. The van der Waals surface area contributed by atoms with Crippen molar-refractivity contribution < 1.29 is 9.90 Å². The molecule has 0 amide bonds. The summed E-state index contributed by atoms with van der Waals surface area (Å²) in [6.45, 7) is 5.19. The molecule has 0 fully saturated rings. The van der Waals surface area contributed by atoms with E-state index in [1.807, 2.05) is 14.1 Å². The third-order valence-electron chi connectivity index (χ3n) is 2.45. The summed E-state index contributed by atoms with van der Waals surface area (Å²) in [5.74, 6) is -0.421. The predicted octanol–water partition coefficient (Wildman–Crippen LogP) is 2.23. The van der Waals surface area contributed by atoms with Gasteiger partial charge in [-0.25, -0.2) is 9.78 Å². The van der Waals surface area contributed by atoms with E-state index in [1.54, 1.807) is 5.51 Å². The Bertz CT molecular complexity index is 380. The second-order valence-electron chi connectivity index (χ2n) is 5.07. The van der Waals surface area contributed by atoms with Crippen molar-refractivity contribution in [1.29, 1.82) is 0 Å². The monoisotopic (exact) mass is 271 g/mol. The number of hydrogen-bond donors (Lipinski definition) is 2. The van der Waals surface area contributed by atoms with Crippen LogP contribution in [-0.4, -0.2) is 47.6 Å². The zero-order chi connectivity index (χ0) is 13.7. The Hall–Kier alpha value is -1.14. The maximum absolute atomic E-state index is 11.0. The molecule has 1 unspecified atom stereocenters. The van der Waals surface area contributed by atoms with Gasteiger partial charge in [0.2, 0.25) is 0 Å². The van der Waals surface area contributed by atoms with Crippen LogP contribution < -0.4 is 5.32 Å². The van der Waals surface area contributed by atoms with Crippen molar-refractivity contribution >= 4 is 22.3 Å². The Morgan fingerprint density at radius 3 is 2.72 bits per heavy atom. The van der Waals surface area contributed by atoms with Gasteiger partial charge >= 0.3 is 5.97 Å². The summed E-state index contributed by atoms with van der Waals surface area (Å²) < 4.78 is 0. The molecule has 0 spiro atoms. The number of nitrogens with one attached hydrogen (secondary N) is 1. The number of aromatic nitrogens is 1. The van der Waals surface area contributed by atoms with Crippen LogP contribution in [0.15, 0.2) is 5.51 Å². The van der Waals surface area contributed by atoms with Crippen LogP contribution in [0, 0.1) is 5.92 Å². The van der Waals surface area contributed by atoms with Gasteiger partial charge in [-0.1, -0.05) is 13.8 Å². The second-order valence-corrected chi connectivity index (χ2v) is 5.92. The molecule has 2 N–H and O–H groups in total. The van der Waals surface area contributed by atoms with Crippen LogP contribution in [0.4, 0.5) is 5.00 Å². The number of carboxylic acid groups (broad SMARTS) is 1. The summed E-state index contributed by atoms with van der Waals surface area (Å²) in [6.07, 6.45) is 0.995. The third-order valence-corrected chi connectivity index (χ3v) is 3.20. The standard InChI is InChI=1S/C12H21N3O2S/c1-8(2)5-9(6-15(3)4)14-11-10(12(16)17)13-7-18-11/h7-9,14H,5-6H2,1-4H3,(H,16,17). The van der Waals surface area contributed by atoms with Gasteiger partial charge in [0.05, 0.1) is 5.51 Å². The highest BCUT2D eigenvalue weighted by Gasteiger charge is 2.18. The summed E-state index contributed by atoms with van der Waals surface area (Å²) in [4.78, 5) is 17.0. The molecular formula is C12H21N3O2S. The average molecular weight is 271 g/mol. The van der Waals surface area contributed by atoms with Crippen molar-refractivity contribution in [2.24, 2.45) is 5.92 Å². The van der Waals surface area contributed by atoms with Crippen LogP contribution in [0.2, 0.25) is 0 Å². The number of aromatic carboxylic acids is 1. The van der Waals surface area contributed by atoms with Crippen LogP contribution in [0.1, 0.15) is 30.8 Å². The Morgan fingerprint density at radius 1 is 1.56 bits per heavy atom.